The Hall–Kier alpha value is -3.36. The van der Waals surface area contributed by atoms with Crippen LogP contribution < -0.4 is 15.0 Å². The van der Waals surface area contributed by atoms with Gasteiger partial charge in [-0.2, -0.15) is 0 Å². The summed E-state index contributed by atoms with van der Waals surface area (Å²) < 4.78 is 5.33. The first-order chi connectivity index (χ1) is 13.4. The van der Waals surface area contributed by atoms with Crippen molar-refractivity contribution in [2.24, 2.45) is 5.92 Å². The smallest absolute Gasteiger partial charge is 0.326 e. The maximum absolute atomic E-state index is 12.6. The fraction of sp³-hybridized carbons (Fsp3) is 0.368. The Morgan fingerprint density at radius 1 is 1.46 bits per heavy atom. The number of carbonyl (C=O) groups excluding carboxylic acids is 2. The van der Waals surface area contributed by atoms with Crippen LogP contribution in [0.25, 0.3) is 0 Å². The van der Waals surface area contributed by atoms with Gasteiger partial charge in [-0.1, -0.05) is 6.07 Å². The van der Waals surface area contributed by atoms with Crippen LogP contribution in [0.5, 0.6) is 5.75 Å². The molecule has 9 nitrogen and oxygen atoms in total. The highest BCUT2D eigenvalue weighted by molar-refractivity contribution is 6.01. The first-order valence-corrected chi connectivity index (χ1v) is 8.84. The summed E-state index contributed by atoms with van der Waals surface area (Å²) in [7, 11) is 1.52. The van der Waals surface area contributed by atoms with Crippen LogP contribution >= 0.6 is 0 Å². The summed E-state index contributed by atoms with van der Waals surface area (Å²) in [5.74, 6) is -1.91. The number of carbonyl (C=O) groups is 3. The minimum absolute atomic E-state index is 0.0132. The second-order valence-corrected chi connectivity index (χ2v) is 6.76. The van der Waals surface area contributed by atoms with Crippen molar-refractivity contribution in [1.29, 1.82) is 0 Å². The summed E-state index contributed by atoms with van der Waals surface area (Å²) in [6, 6.07) is 4.37. The zero-order valence-corrected chi connectivity index (χ0v) is 15.6. The van der Waals surface area contributed by atoms with Crippen LogP contribution in [0.1, 0.15) is 17.7 Å². The van der Waals surface area contributed by atoms with Crippen molar-refractivity contribution in [1.82, 2.24) is 15.3 Å². The third kappa shape index (κ3) is 4.13. The fourth-order valence-electron chi connectivity index (χ4n) is 3.23. The van der Waals surface area contributed by atoms with Gasteiger partial charge in [-0.3, -0.25) is 9.59 Å². The van der Waals surface area contributed by atoms with Crippen LogP contribution in [-0.2, 0) is 20.8 Å². The molecule has 1 saturated heterocycles. The van der Waals surface area contributed by atoms with Gasteiger partial charge in [-0.15, -0.1) is 0 Å². The highest BCUT2D eigenvalue weighted by Gasteiger charge is 2.37. The van der Waals surface area contributed by atoms with Gasteiger partial charge in [-0.25, -0.2) is 9.78 Å². The Labute approximate surface area is 161 Å². The lowest BCUT2D eigenvalue weighted by Gasteiger charge is -2.21. The van der Waals surface area contributed by atoms with Gasteiger partial charge in [-0.05, 0) is 24.6 Å². The number of ether oxygens (including phenoxy) is 1. The Kier molecular flexibility index (Phi) is 5.62. The van der Waals surface area contributed by atoms with E-state index >= 15 is 0 Å². The molecule has 28 heavy (non-hydrogen) atoms. The number of imidazole rings is 1. The minimum atomic E-state index is -1.15. The molecular formula is C19H22N4O5. The van der Waals surface area contributed by atoms with E-state index < -0.39 is 23.8 Å². The van der Waals surface area contributed by atoms with Gasteiger partial charge in [0, 0.05) is 31.3 Å². The molecule has 2 atom stereocenters. The first-order valence-electron chi connectivity index (χ1n) is 8.84. The summed E-state index contributed by atoms with van der Waals surface area (Å²) in [6.45, 7) is 2.07. The molecule has 0 saturated carbocycles. The van der Waals surface area contributed by atoms with Gasteiger partial charge < -0.3 is 25.0 Å². The number of anilines is 1. The van der Waals surface area contributed by atoms with Crippen molar-refractivity contribution in [2.75, 3.05) is 18.6 Å². The molecule has 1 aliphatic heterocycles. The second-order valence-electron chi connectivity index (χ2n) is 6.76. The average molecular weight is 386 g/mol. The highest BCUT2D eigenvalue weighted by Crippen LogP contribution is 2.34. The van der Waals surface area contributed by atoms with E-state index in [0.29, 0.717) is 17.1 Å². The number of aromatic amines is 1. The number of nitrogens with one attached hydrogen (secondary N) is 2. The predicted octanol–water partition coefficient (Wildman–Crippen LogP) is 0.892. The predicted molar refractivity (Wildman–Crippen MR) is 100 cm³/mol. The number of benzene rings is 1. The van der Waals surface area contributed by atoms with E-state index in [1.807, 2.05) is 19.1 Å². The normalized spacial score (nSPS) is 17.4. The Morgan fingerprint density at radius 3 is 2.89 bits per heavy atom. The minimum Gasteiger partial charge on any atom is -0.495 e. The number of carboxylic acid groups (broad SMARTS) is 1. The number of amides is 2. The van der Waals surface area contributed by atoms with Gasteiger partial charge in [0.05, 0.1) is 25.0 Å². The van der Waals surface area contributed by atoms with E-state index in [0.717, 1.165) is 5.56 Å². The quantitative estimate of drug-likeness (QED) is 0.649. The Bertz CT molecular complexity index is 880. The third-order valence-corrected chi connectivity index (χ3v) is 4.71. The molecule has 2 amide bonds. The number of aromatic nitrogens is 2. The van der Waals surface area contributed by atoms with Crippen molar-refractivity contribution in [2.45, 2.75) is 25.8 Å². The molecule has 2 heterocycles. The molecule has 0 radical (unpaired) electrons. The number of nitrogens with zero attached hydrogens (tertiary/aromatic N) is 2. The molecule has 3 rings (SSSR count). The lowest BCUT2D eigenvalue weighted by atomic mass is 10.1. The Balaban J connectivity index is 1.71. The van der Waals surface area contributed by atoms with Crippen molar-refractivity contribution in [3.05, 3.63) is 42.0 Å². The summed E-state index contributed by atoms with van der Waals surface area (Å²) in [6.07, 6.45) is 3.04. The van der Waals surface area contributed by atoms with Gasteiger partial charge in [0.15, 0.2) is 0 Å². The molecule has 0 aliphatic carbocycles. The number of hydrogen-bond acceptors (Lipinski definition) is 5. The molecule has 3 N–H and O–H groups in total. The van der Waals surface area contributed by atoms with Crippen LogP contribution in [-0.4, -0.2) is 52.6 Å². The van der Waals surface area contributed by atoms with Crippen LogP contribution in [0.2, 0.25) is 0 Å². The molecule has 0 spiro atoms. The fourth-order valence-corrected chi connectivity index (χ4v) is 3.23. The summed E-state index contributed by atoms with van der Waals surface area (Å²) in [5, 5.41) is 11.9. The third-order valence-electron chi connectivity index (χ3n) is 4.71. The molecule has 148 valence electrons. The lowest BCUT2D eigenvalue weighted by molar-refractivity contribution is -0.142. The average Bonchev–Trinajstić information content (AvgIpc) is 3.30. The largest absolute Gasteiger partial charge is 0.495 e. The lowest BCUT2D eigenvalue weighted by Crippen LogP contribution is -2.45. The van der Waals surface area contributed by atoms with Crippen LogP contribution in [0.3, 0.4) is 0 Å². The SMILES string of the molecule is COc1ccc(C)cc1N1CC(C(=O)NC(Cc2cnc[nH]2)C(=O)O)CC1=O. The van der Waals surface area contributed by atoms with E-state index in [9.17, 15) is 19.5 Å². The van der Waals surface area contributed by atoms with E-state index in [1.165, 1.54) is 24.5 Å². The van der Waals surface area contributed by atoms with E-state index in [-0.39, 0.29) is 25.3 Å². The number of carboxylic acids is 1. The topological polar surface area (TPSA) is 125 Å². The maximum Gasteiger partial charge on any atom is 0.326 e. The van der Waals surface area contributed by atoms with Crippen molar-refractivity contribution in [3.63, 3.8) is 0 Å². The first kappa shape index (κ1) is 19.4. The molecule has 2 unspecified atom stereocenters. The number of aliphatic carboxylic acids is 1. The van der Waals surface area contributed by atoms with Gasteiger partial charge in [0.25, 0.3) is 0 Å². The molecule has 9 heteroatoms. The molecular weight excluding hydrogens is 364 g/mol. The molecule has 1 fully saturated rings. The van der Waals surface area contributed by atoms with Gasteiger partial charge in [0.1, 0.15) is 11.8 Å². The van der Waals surface area contributed by atoms with E-state index in [4.69, 9.17) is 4.74 Å². The highest BCUT2D eigenvalue weighted by atomic mass is 16.5. The number of methoxy groups -OCH3 is 1. The zero-order chi connectivity index (χ0) is 20.3. The van der Waals surface area contributed by atoms with Crippen molar-refractivity contribution < 1.29 is 24.2 Å². The summed E-state index contributed by atoms with van der Waals surface area (Å²) in [4.78, 5) is 44.8. The molecule has 1 aromatic heterocycles. The molecule has 2 aromatic rings. The number of hydrogen-bond donors (Lipinski definition) is 3. The maximum atomic E-state index is 12.6. The zero-order valence-electron chi connectivity index (χ0n) is 15.6. The van der Waals surface area contributed by atoms with E-state index in [2.05, 4.69) is 15.3 Å². The van der Waals surface area contributed by atoms with Crippen molar-refractivity contribution in [3.8, 4) is 5.75 Å². The molecule has 1 aromatic carbocycles. The van der Waals surface area contributed by atoms with Gasteiger partial charge in [0.2, 0.25) is 11.8 Å². The van der Waals surface area contributed by atoms with Crippen LogP contribution in [0.4, 0.5) is 5.69 Å². The molecule has 1 aliphatic rings. The summed E-state index contributed by atoms with van der Waals surface area (Å²) in [5.41, 5.74) is 2.17. The number of H-pyrrole nitrogens is 1. The Morgan fingerprint density at radius 2 is 2.25 bits per heavy atom. The molecule has 0 bridgehead atoms. The summed E-state index contributed by atoms with van der Waals surface area (Å²) >= 11 is 0. The number of rotatable bonds is 7. The number of aryl methyl sites for hydroxylation is 1. The van der Waals surface area contributed by atoms with Gasteiger partial charge >= 0.3 is 5.97 Å². The van der Waals surface area contributed by atoms with Crippen LogP contribution in [0.15, 0.2) is 30.7 Å². The van der Waals surface area contributed by atoms with Crippen molar-refractivity contribution >= 4 is 23.5 Å². The monoisotopic (exact) mass is 386 g/mol. The second kappa shape index (κ2) is 8.12. The van der Waals surface area contributed by atoms with Crippen LogP contribution in [0, 0.1) is 12.8 Å². The standard InChI is InChI=1S/C19H22N4O5/c1-11-3-4-16(28-2)15(5-11)23-9-12(6-17(23)24)18(25)22-14(19(26)27)7-13-8-20-10-21-13/h3-5,8,10,12,14H,6-7,9H2,1-2H3,(H,20,21)(H,22,25)(H,26,27). The van der Waals surface area contributed by atoms with E-state index in [1.54, 1.807) is 6.07 Å².